The number of para-hydroxylation sites is 1. The monoisotopic (exact) mass is 326 g/mol. The van der Waals surface area contributed by atoms with Crippen molar-refractivity contribution in [3.63, 3.8) is 0 Å². The fourth-order valence-corrected chi connectivity index (χ4v) is 1.93. The van der Waals surface area contributed by atoms with Gasteiger partial charge in [-0.3, -0.25) is 4.79 Å². The Morgan fingerprint density at radius 1 is 1.16 bits per heavy atom. The molecule has 0 bridgehead atoms. The first-order chi connectivity index (χ1) is 9.13. The van der Waals surface area contributed by atoms with Crippen LogP contribution >= 0.6 is 15.9 Å². The van der Waals surface area contributed by atoms with Crippen LogP contribution in [0.4, 0.5) is 8.78 Å². The molecule has 2 aromatic rings. The summed E-state index contributed by atoms with van der Waals surface area (Å²) in [5, 5.41) is 0. The zero-order valence-electron chi connectivity index (χ0n) is 9.70. The minimum Gasteiger partial charge on any atom is -0.488 e. The Balaban J connectivity index is 2.24. The van der Waals surface area contributed by atoms with Gasteiger partial charge in [-0.2, -0.15) is 0 Å². The number of benzene rings is 2. The molecule has 0 fully saturated rings. The van der Waals surface area contributed by atoms with Gasteiger partial charge >= 0.3 is 0 Å². The average Bonchev–Trinajstić information content (AvgIpc) is 2.43. The summed E-state index contributed by atoms with van der Waals surface area (Å²) < 4.78 is 32.7. The summed E-state index contributed by atoms with van der Waals surface area (Å²) in [6.07, 6.45) is 0.628. The molecular formula is C14H9BrF2O2. The topological polar surface area (TPSA) is 26.3 Å². The van der Waals surface area contributed by atoms with Crippen LogP contribution in [-0.2, 0) is 6.61 Å². The van der Waals surface area contributed by atoms with Crippen LogP contribution in [0.2, 0.25) is 0 Å². The highest BCUT2D eigenvalue weighted by Crippen LogP contribution is 2.24. The molecule has 0 aliphatic heterocycles. The molecule has 0 aliphatic carbocycles. The number of carbonyl (C=O) groups is 1. The van der Waals surface area contributed by atoms with Crippen LogP contribution in [0.1, 0.15) is 15.9 Å². The molecule has 0 atom stereocenters. The third-order valence-corrected chi connectivity index (χ3v) is 3.17. The molecule has 5 heteroatoms. The molecule has 2 rings (SSSR count). The summed E-state index contributed by atoms with van der Waals surface area (Å²) in [6, 6.07) is 8.92. The fraction of sp³-hybridized carbons (Fsp3) is 0.0714. The maximum Gasteiger partial charge on any atom is 0.153 e. The lowest BCUT2D eigenvalue weighted by Gasteiger charge is -2.10. The normalized spacial score (nSPS) is 10.3. The third-order valence-electron chi connectivity index (χ3n) is 2.56. The van der Waals surface area contributed by atoms with Gasteiger partial charge in [-0.25, -0.2) is 8.78 Å². The van der Waals surface area contributed by atoms with E-state index in [2.05, 4.69) is 15.9 Å². The summed E-state index contributed by atoms with van der Waals surface area (Å²) in [5.41, 5.74) is 0.147. The Hall–Kier alpha value is -1.75. The molecular weight excluding hydrogens is 318 g/mol. The van der Waals surface area contributed by atoms with Crippen molar-refractivity contribution in [2.24, 2.45) is 0 Å². The van der Waals surface area contributed by atoms with E-state index in [-0.39, 0.29) is 22.4 Å². The van der Waals surface area contributed by atoms with Crippen molar-refractivity contribution in [3.8, 4) is 5.75 Å². The lowest BCUT2D eigenvalue weighted by atomic mass is 10.2. The molecule has 0 saturated heterocycles. The Morgan fingerprint density at radius 2 is 1.89 bits per heavy atom. The molecule has 0 heterocycles. The van der Waals surface area contributed by atoms with E-state index in [1.165, 1.54) is 6.07 Å². The lowest BCUT2D eigenvalue weighted by molar-refractivity contribution is 0.111. The Bertz CT molecular complexity index is 614. The first-order valence-corrected chi connectivity index (χ1v) is 6.22. The molecule has 0 aliphatic rings. The van der Waals surface area contributed by atoms with Gasteiger partial charge in [0.15, 0.2) is 6.29 Å². The van der Waals surface area contributed by atoms with Gasteiger partial charge in [0, 0.05) is 0 Å². The number of aldehydes is 1. The predicted octanol–water partition coefficient (Wildman–Crippen LogP) is 4.12. The van der Waals surface area contributed by atoms with Crippen LogP contribution < -0.4 is 4.74 Å². The van der Waals surface area contributed by atoms with Crippen molar-refractivity contribution in [2.75, 3.05) is 0 Å². The van der Waals surface area contributed by atoms with Gasteiger partial charge in [-0.15, -0.1) is 0 Å². The summed E-state index contributed by atoms with van der Waals surface area (Å²) in [4.78, 5) is 10.8. The van der Waals surface area contributed by atoms with Crippen molar-refractivity contribution in [3.05, 3.63) is 63.6 Å². The first-order valence-electron chi connectivity index (χ1n) is 5.43. The molecule has 0 saturated carbocycles. The number of rotatable bonds is 4. The highest BCUT2D eigenvalue weighted by Gasteiger charge is 2.13. The van der Waals surface area contributed by atoms with Gasteiger partial charge in [0.1, 0.15) is 24.0 Å². The second-order valence-electron chi connectivity index (χ2n) is 3.77. The first kappa shape index (κ1) is 13.7. The Morgan fingerprint density at radius 3 is 2.63 bits per heavy atom. The van der Waals surface area contributed by atoms with Crippen molar-refractivity contribution < 1.29 is 18.3 Å². The van der Waals surface area contributed by atoms with E-state index in [0.29, 0.717) is 11.8 Å². The Kier molecular flexibility index (Phi) is 4.27. The summed E-state index contributed by atoms with van der Waals surface area (Å²) in [6.45, 7) is -0.290. The van der Waals surface area contributed by atoms with Gasteiger partial charge in [0.25, 0.3) is 0 Å². The number of hydrogen-bond donors (Lipinski definition) is 0. The summed E-state index contributed by atoms with van der Waals surface area (Å²) in [5.74, 6) is -1.11. The standard InChI is InChI=1S/C14H9BrF2O2/c15-11-5-6-12(16)10(14(11)17)8-19-13-4-2-1-3-9(13)7-18/h1-7H,8H2. The van der Waals surface area contributed by atoms with E-state index in [4.69, 9.17) is 4.74 Å². The van der Waals surface area contributed by atoms with Gasteiger partial charge in [0.2, 0.25) is 0 Å². The number of ether oxygens (including phenoxy) is 1. The lowest BCUT2D eigenvalue weighted by Crippen LogP contribution is -2.04. The van der Waals surface area contributed by atoms with E-state index >= 15 is 0 Å². The molecule has 0 N–H and O–H groups in total. The SMILES string of the molecule is O=Cc1ccccc1OCc1c(F)ccc(Br)c1F. The number of carbonyl (C=O) groups excluding carboxylic acids is 1. The van der Waals surface area contributed by atoms with Crippen LogP contribution in [-0.4, -0.2) is 6.29 Å². The van der Waals surface area contributed by atoms with Gasteiger partial charge in [-0.1, -0.05) is 12.1 Å². The third kappa shape index (κ3) is 2.98. The molecule has 0 unspecified atom stereocenters. The van der Waals surface area contributed by atoms with Crippen molar-refractivity contribution in [1.29, 1.82) is 0 Å². The summed E-state index contributed by atoms with van der Waals surface area (Å²) in [7, 11) is 0. The molecule has 0 amide bonds. The van der Waals surface area contributed by atoms with Gasteiger partial charge in [-0.05, 0) is 40.2 Å². The van der Waals surface area contributed by atoms with Crippen LogP contribution in [0.25, 0.3) is 0 Å². The highest BCUT2D eigenvalue weighted by molar-refractivity contribution is 9.10. The molecule has 0 aromatic heterocycles. The van der Waals surface area contributed by atoms with Gasteiger partial charge < -0.3 is 4.74 Å². The smallest absolute Gasteiger partial charge is 0.153 e. The quantitative estimate of drug-likeness (QED) is 0.624. The zero-order chi connectivity index (χ0) is 13.8. The van der Waals surface area contributed by atoms with Crippen LogP contribution in [0.3, 0.4) is 0 Å². The molecule has 0 radical (unpaired) electrons. The predicted molar refractivity (Wildman–Crippen MR) is 70.2 cm³/mol. The van der Waals surface area contributed by atoms with Crippen molar-refractivity contribution >= 4 is 22.2 Å². The molecule has 2 nitrogen and oxygen atoms in total. The van der Waals surface area contributed by atoms with E-state index < -0.39 is 11.6 Å². The largest absolute Gasteiger partial charge is 0.488 e. The van der Waals surface area contributed by atoms with Crippen molar-refractivity contribution in [2.45, 2.75) is 6.61 Å². The summed E-state index contributed by atoms with van der Waals surface area (Å²) >= 11 is 2.98. The maximum atomic E-state index is 13.7. The van der Waals surface area contributed by atoms with E-state index in [1.807, 2.05) is 0 Å². The van der Waals surface area contributed by atoms with E-state index in [0.717, 1.165) is 6.07 Å². The van der Waals surface area contributed by atoms with Crippen molar-refractivity contribution in [1.82, 2.24) is 0 Å². The molecule has 0 spiro atoms. The number of halogens is 3. The molecule has 19 heavy (non-hydrogen) atoms. The second-order valence-corrected chi connectivity index (χ2v) is 4.62. The molecule has 98 valence electrons. The van der Waals surface area contributed by atoms with Crippen LogP contribution in [0.15, 0.2) is 40.9 Å². The zero-order valence-corrected chi connectivity index (χ0v) is 11.3. The highest BCUT2D eigenvalue weighted by atomic mass is 79.9. The minimum absolute atomic E-state index is 0.163. The second kappa shape index (κ2) is 5.93. The number of hydrogen-bond acceptors (Lipinski definition) is 2. The maximum absolute atomic E-state index is 13.7. The van der Waals surface area contributed by atoms with Gasteiger partial charge in [0.05, 0.1) is 15.6 Å². The van der Waals surface area contributed by atoms with E-state index in [9.17, 15) is 13.6 Å². The Labute approximate surface area is 117 Å². The van der Waals surface area contributed by atoms with E-state index in [1.54, 1.807) is 24.3 Å². The average molecular weight is 327 g/mol. The minimum atomic E-state index is -0.705. The van der Waals surface area contributed by atoms with Crippen LogP contribution in [0.5, 0.6) is 5.75 Å². The van der Waals surface area contributed by atoms with Crippen LogP contribution in [0, 0.1) is 11.6 Å². The molecule has 2 aromatic carbocycles. The fourth-order valence-electron chi connectivity index (χ4n) is 1.56.